The molecule has 3 N–H and O–H groups in total. The van der Waals surface area contributed by atoms with Gasteiger partial charge in [0.25, 0.3) is 0 Å². The quantitative estimate of drug-likeness (QED) is 0.693. The predicted octanol–water partition coefficient (Wildman–Crippen LogP) is 0.744. The third kappa shape index (κ3) is 3.33. The van der Waals surface area contributed by atoms with Gasteiger partial charge in [-0.15, -0.1) is 0 Å². The number of H-pyrrole nitrogens is 1. The van der Waals surface area contributed by atoms with E-state index in [4.69, 9.17) is 10.5 Å². The van der Waals surface area contributed by atoms with Crippen molar-refractivity contribution in [1.29, 1.82) is 0 Å². The van der Waals surface area contributed by atoms with Gasteiger partial charge in [-0.1, -0.05) is 6.07 Å². The van der Waals surface area contributed by atoms with Crippen molar-refractivity contribution in [3.05, 3.63) is 42.2 Å². The number of pyridine rings is 1. The van der Waals surface area contributed by atoms with Crippen LogP contribution < -0.4 is 10.6 Å². The minimum Gasteiger partial charge on any atom is -0.370 e. The molecule has 1 amide bonds. The normalized spacial score (nSPS) is 17.5. The smallest absolute Gasteiger partial charge is 0.217 e. The summed E-state index contributed by atoms with van der Waals surface area (Å²) in [6.45, 7) is 1.95. The number of rotatable bonds is 5. The number of hydrogen-bond donors (Lipinski definition) is 2. The minimum atomic E-state index is -0.310. The Kier molecular flexibility index (Phi) is 4.44. The molecule has 3 aromatic rings. The van der Waals surface area contributed by atoms with E-state index in [1.807, 2.05) is 12.1 Å². The molecule has 134 valence electrons. The van der Waals surface area contributed by atoms with Crippen molar-refractivity contribution >= 4 is 22.9 Å². The average molecular weight is 353 g/mol. The number of aryl methyl sites for hydroxylation is 1. The number of ether oxygens (including phenoxy) is 1. The van der Waals surface area contributed by atoms with E-state index in [0.717, 1.165) is 29.1 Å². The summed E-state index contributed by atoms with van der Waals surface area (Å²) >= 11 is 0. The average Bonchev–Trinajstić information content (AvgIpc) is 3.16. The van der Waals surface area contributed by atoms with Crippen LogP contribution in [-0.4, -0.2) is 50.5 Å². The van der Waals surface area contributed by atoms with Gasteiger partial charge in [-0.25, -0.2) is 15.0 Å². The molecule has 3 aromatic heterocycles. The molecule has 1 saturated heterocycles. The van der Waals surface area contributed by atoms with Gasteiger partial charge in [0, 0.05) is 19.2 Å². The first kappa shape index (κ1) is 16.4. The van der Waals surface area contributed by atoms with Gasteiger partial charge >= 0.3 is 0 Å². The minimum absolute atomic E-state index is 0.151. The van der Waals surface area contributed by atoms with Gasteiger partial charge < -0.3 is 20.4 Å². The van der Waals surface area contributed by atoms with Crippen LogP contribution in [0, 0.1) is 0 Å². The summed E-state index contributed by atoms with van der Waals surface area (Å²) in [6.07, 6.45) is 5.68. The maximum absolute atomic E-state index is 10.9. The van der Waals surface area contributed by atoms with Crippen LogP contribution >= 0.6 is 0 Å². The van der Waals surface area contributed by atoms with Crippen LogP contribution in [-0.2, 0) is 16.0 Å². The van der Waals surface area contributed by atoms with Gasteiger partial charge in [0.15, 0.2) is 11.5 Å². The highest BCUT2D eigenvalue weighted by Crippen LogP contribution is 2.27. The predicted molar refractivity (Wildman–Crippen MR) is 94.3 cm³/mol. The Bertz CT molecular complexity index is 909. The Morgan fingerprint density at radius 1 is 1.31 bits per heavy atom. The van der Waals surface area contributed by atoms with Gasteiger partial charge in [-0.2, -0.15) is 0 Å². The SMILES string of the molecule is NC(=O)CCc1ccc(C2CN(c3ncnc4nc[nH]c34)CCO2)nc1. The number of carbonyl (C=O) groups is 1. The van der Waals surface area contributed by atoms with E-state index in [1.165, 1.54) is 6.33 Å². The van der Waals surface area contributed by atoms with E-state index in [-0.39, 0.29) is 12.0 Å². The van der Waals surface area contributed by atoms with E-state index in [2.05, 4.69) is 29.8 Å². The zero-order chi connectivity index (χ0) is 17.9. The highest BCUT2D eigenvalue weighted by atomic mass is 16.5. The standard InChI is InChI=1S/C17H19N7O2/c18-14(25)4-2-11-1-3-12(19-7-11)13-8-24(5-6-26-13)17-15-16(21-9-20-15)22-10-23-17/h1,3,7,9-10,13H,2,4-6,8H2,(H2,18,25)(H,20,21,22,23). The van der Waals surface area contributed by atoms with Gasteiger partial charge in [0.05, 0.1) is 25.2 Å². The maximum atomic E-state index is 10.9. The highest BCUT2D eigenvalue weighted by molar-refractivity contribution is 5.82. The van der Waals surface area contributed by atoms with Crippen LogP contribution in [0.1, 0.15) is 23.8 Å². The zero-order valence-corrected chi connectivity index (χ0v) is 14.1. The molecular formula is C17H19N7O2. The van der Waals surface area contributed by atoms with Crippen LogP contribution in [0.15, 0.2) is 31.0 Å². The van der Waals surface area contributed by atoms with Crippen molar-refractivity contribution in [1.82, 2.24) is 24.9 Å². The van der Waals surface area contributed by atoms with E-state index >= 15 is 0 Å². The van der Waals surface area contributed by atoms with E-state index in [0.29, 0.717) is 31.6 Å². The lowest BCUT2D eigenvalue weighted by Crippen LogP contribution is -2.39. The molecule has 1 aliphatic heterocycles. The fourth-order valence-electron chi connectivity index (χ4n) is 3.05. The molecule has 1 fully saturated rings. The molecule has 1 atom stereocenters. The lowest BCUT2D eigenvalue weighted by molar-refractivity contribution is -0.117. The van der Waals surface area contributed by atoms with Crippen molar-refractivity contribution in [2.75, 3.05) is 24.6 Å². The first-order valence-electron chi connectivity index (χ1n) is 8.44. The van der Waals surface area contributed by atoms with E-state index in [9.17, 15) is 4.79 Å². The van der Waals surface area contributed by atoms with Gasteiger partial charge in [-0.3, -0.25) is 9.78 Å². The summed E-state index contributed by atoms with van der Waals surface area (Å²) in [5.74, 6) is 0.509. The number of anilines is 1. The van der Waals surface area contributed by atoms with Crippen molar-refractivity contribution < 1.29 is 9.53 Å². The number of morpholine rings is 1. The second-order valence-corrected chi connectivity index (χ2v) is 6.16. The molecule has 0 bridgehead atoms. The topological polar surface area (TPSA) is 123 Å². The van der Waals surface area contributed by atoms with Crippen molar-refractivity contribution in [3.63, 3.8) is 0 Å². The number of aromatic nitrogens is 5. The number of imidazole rings is 1. The monoisotopic (exact) mass is 353 g/mol. The number of amides is 1. The van der Waals surface area contributed by atoms with Crippen molar-refractivity contribution in [2.45, 2.75) is 18.9 Å². The third-order valence-electron chi connectivity index (χ3n) is 4.41. The van der Waals surface area contributed by atoms with Crippen LogP contribution in [0.4, 0.5) is 5.82 Å². The summed E-state index contributed by atoms with van der Waals surface area (Å²) in [4.78, 5) is 33.4. The van der Waals surface area contributed by atoms with Gasteiger partial charge in [-0.05, 0) is 18.1 Å². The van der Waals surface area contributed by atoms with Crippen LogP contribution in [0.3, 0.4) is 0 Å². The molecule has 1 aliphatic rings. The second kappa shape index (κ2) is 7.04. The lowest BCUT2D eigenvalue weighted by atomic mass is 10.1. The molecule has 0 aliphatic carbocycles. The fourth-order valence-corrected chi connectivity index (χ4v) is 3.05. The Balaban J connectivity index is 1.50. The van der Waals surface area contributed by atoms with Crippen molar-refractivity contribution in [2.24, 2.45) is 5.73 Å². The molecule has 4 rings (SSSR count). The van der Waals surface area contributed by atoms with Gasteiger partial charge in [0.2, 0.25) is 5.91 Å². The molecule has 26 heavy (non-hydrogen) atoms. The van der Waals surface area contributed by atoms with Crippen LogP contribution in [0.5, 0.6) is 0 Å². The molecule has 0 radical (unpaired) electrons. The molecule has 4 heterocycles. The Morgan fingerprint density at radius 3 is 3.04 bits per heavy atom. The molecule has 9 heteroatoms. The molecule has 0 saturated carbocycles. The number of fused-ring (bicyclic) bond motifs is 1. The Labute approximate surface area is 149 Å². The number of carbonyl (C=O) groups excluding carboxylic acids is 1. The summed E-state index contributed by atoms with van der Waals surface area (Å²) in [5.41, 5.74) is 8.49. The molecule has 0 aromatic carbocycles. The Morgan fingerprint density at radius 2 is 2.23 bits per heavy atom. The molecular weight excluding hydrogens is 334 g/mol. The second-order valence-electron chi connectivity index (χ2n) is 6.16. The molecule has 0 spiro atoms. The fraction of sp³-hybridized carbons (Fsp3) is 0.353. The highest BCUT2D eigenvalue weighted by Gasteiger charge is 2.25. The number of nitrogens with two attached hydrogens (primary N) is 1. The maximum Gasteiger partial charge on any atom is 0.217 e. The largest absolute Gasteiger partial charge is 0.370 e. The van der Waals surface area contributed by atoms with Crippen LogP contribution in [0.2, 0.25) is 0 Å². The van der Waals surface area contributed by atoms with E-state index < -0.39 is 0 Å². The lowest BCUT2D eigenvalue weighted by Gasteiger charge is -2.33. The molecule has 1 unspecified atom stereocenters. The summed E-state index contributed by atoms with van der Waals surface area (Å²) in [7, 11) is 0. The third-order valence-corrected chi connectivity index (χ3v) is 4.41. The zero-order valence-electron chi connectivity index (χ0n) is 14.1. The number of aromatic amines is 1. The summed E-state index contributed by atoms with van der Waals surface area (Å²) in [5, 5.41) is 0. The van der Waals surface area contributed by atoms with Gasteiger partial charge in [0.1, 0.15) is 17.9 Å². The summed E-state index contributed by atoms with van der Waals surface area (Å²) < 4.78 is 5.90. The van der Waals surface area contributed by atoms with E-state index in [1.54, 1.807) is 12.5 Å². The number of hydrogen-bond acceptors (Lipinski definition) is 7. The number of nitrogens with zero attached hydrogens (tertiary/aromatic N) is 5. The number of nitrogens with one attached hydrogen (secondary N) is 1. The van der Waals surface area contributed by atoms with Crippen LogP contribution in [0.25, 0.3) is 11.2 Å². The molecule has 9 nitrogen and oxygen atoms in total. The number of primary amides is 1. The van der Waals surface area contributed by atoms with Crippen molar-refractivity contribution in [3.8, 4) is 0 Å². The Hall–Kier alpha value is -3.07. The summed E-state index contributed by atoms with van der Waals surface area (Å²) in [6, 6.07) is 3.90. The first-order valence-corrected chi connectivity index (χ1v) is 8.44. The first-order chi connectivity index (χ1) is 12.7.